The molecule has 0 bridgehead atoms. The third-order valence-electron chi connectivity index (χ3n) is 2.31. The summed E-state index contributed by atoms with van der Waals surface area (Å²) >= 11 is 0. The number of hydrogen-bond acceptors (Lipinski definition) is 1. The van der Waals surface area contributed by atoms with Gasteiger partial charge in [0, 0.05) is 6.42 Å². The number of hydrogen-bond donors (Lipinski definition) is 1. The average molecular weight is 218 g/mol. The molecule has 0 saturated heterocycles. The van der Waals surface area contributed by atoms with Crippen LogP contribution < -0.4 is 0 Å². The van der Waals surface area contributed by atoms with Gasteiger partial charge in [0.05, 0.1) is 0 Å². The van der Waals surface area contributed by atoms with Crippen LogP contribution in [0, 0.1) is 0 Å². The van der Waals surface area contributed by atoms with E-state index >= 15 is 0 Å². The second-order valence-corrected chi connectivity index (χ2v) is 3.24. The van der Waals surface area contributed by atoms with E-state index in [0.29, 0.717) is 0 Å². The normalized spacial score (nSPS) is 35.2. The van der Waals surface area contributed by atoms with Crippen molar-refractivity contribution in [3.05, 3.63) is 0 Å². The molecular weight excluding hydrogens is 211 g/mol. The van der Waals surface area contributed by atoms with Gasteiger partial charge in [-0.2, -0.15) is 17.6 Å². The van der Waals surface area contributed by atoms with Crippen molar-refractivity contribution in [3.63, 3.8) is 0 Å². The Bertz CT molecular complexity index is 265. The lowest BCUT2D eigenvalue weighted by Crippen LogP contribution is -2.62. The Morgan fingerprint density at radius 1 is 1.07 bits per heavy atom. The molecule has 0 aliphatic heterocycles. The number of carboxylic acids is 1. The van der Waals surface area contributed by atoms with Crippen LogP contribution in [0.5, 0.6) is 0 Å². The fourth-order valence-electron chi connectivity index (χ4n) is 1.40. The molecule has 82 valence electrons. The molecule has 0 spiro atoms. The Kier molecular flexibility index (Phi) is 2.24. The Morgan fingerprint density at radius 3 is 1.93 bits per heavy atom. The molecule has 0 aromatic rings. The topological polar surface area (TPSA) is 37.3 Å². The average Bonchev–Trinajstić information content (AvgIpc) is 2.00. The molecule has 1 aliphatic rings. The van der Waals surface area contributed by atoms with Crippen molar-refractivity contribution in [2.45, 2.75) is 36.8 Å². The van der Waals surface area contributed by atoms with Crippen molar-refractivity contribution in [2.75, 3.05) is 0 Å². The van der Waals surface area contributed by atoms with Gasteiger partial charge in [-0.3, -0.25) is 0 Å². The van der Waals surface area contributed by atoms with Crippen molar-refractivity contribution in [1.82, 2.24) is 0 Å². The summed E-state index contributed by atoms with van der Waals surface area (Å²) in [5, 5.41) is 8.18. The first-order valence-electron chi connectivity index (χ1n) is 3.83. The monoisotopic (exact) mass is 218 g/mol. The molecular formula is C7H7F5O2. The molecule has 0 radical (unpaired) electrons. The molecule has 0 amide bonds. The highest BCUT2D eigenvalue weighted by molar-refractivity contribution is 5.79. The van der Waals surface area contributed by atoms with E-state index in [1.54, 1.807) is 0 Å². The summed E-state index contributed by atoms with van der Waals surface area (Å²) in [6.07, 6.45) is -2.87. The summed E-state index contributed by atoms with van der Waals surface area (Å²) in [4.78, 5) is 10.2. The third-order valence-corrected chi connectivity index (χ3v) is 2.31. The summed E-state index contributed by atoms with van der Waals surface area (Å²) in [7, 11) is 0. The lowest BCUT2D eigenvalue weighted by molar-refractivity contribution is -0.288. The summed E-state index contributed by atoms with van der Waals surface area (Å²) in [6.45, 7) is 0. The summed E-state index contributed by atoms with van der Waals surface area (Å²) < 4.78 is 63.9. The minimum atomic E-state index is -5.15. The number of aliphatic carboxylic acids is 1. The van der Waals surface area contributed by atoms with E-state index in [0.717, 1.165) is 0 Å². The molecule has 1 rings (SSSR count). The molecule has 1 fully saturated rings. The standard InChI is InChI=1S/C7H7F5O2/c8-5(4(13)14)2-1-3-6(9,10)7(5,11)12/h1-3H2,(H,13,14). The summed E-state index contributed by atoms with van der Waals surface area (Å²) in [5.41, 5.74) is -4.16. The Morgan fingerprint density at radius 2 is 1.57 bits per heavy atom. The van der Waals surface area contributed by atoms with Crippen molar-refractivity contribution in [2.24, 2.45) is 0 Å². The van der Waals surface area contributed by atoms with Crippen LogP contribution in [0.1, 0.15) is 19.3 Å². The lowest BCUT2D eigenvalue weighted by Gasteiger charge is -2.39. The summed E-state index contributed by atoms with van der Waals surface area (Å²) in [5.74, 6) is -12.3. The SMILES string of the molecule is O=C(O)C1(F)CCCC(F)(F)C1(F)F. The molecule has 1 N–H and O–H groups in total. The zero-order valence-corrected chi connectivity index (χ0v) is 6.87. The lowest BCUT2D eigenvalue weighted by atomic mass is 9.80. The number of halogens is 5. The fourth-order valence-corrected chi connectivity index (χ4v) is 1.40. The molecule has 0 heterocycles. The van der Waals surface area contributed by atoms with Gasteiger partial charge in [0.1, 0.15) is 0 Å². The Labute approximate surface area is 75.7 Å². The molecule has 0 aromatic carbocycles. The summed E-state index contributed by atoms with van der Waals surface area (Å²) in [6, 6.07) is 0. The predicted molar refractivity (Wildman–Crippen MR) is 35.2 cm³/mol. The second kappa shape index (κ2) is 2.80. The van der Waals surface area contributed by atoms with E-state index in [1.165, 1.54) is 0 Å². The van der Waals surface area contributed by atoms with Gasteiger partial charge >= 0.3 is 17.8 Å². The first kappa shape index (κ1) is 11.2. The molecule has 0 aromatic heterocycles. The third kappa shape index (κ3) is 1.18. The van der Waals surface area contributed by atoms with Crippen LogP contribution in [0.4, 0.5) is 22.0 Å². The Hall–Kier alpha value is -0.880. The van der Waals surface area contributed by atoms with Gasteiger partial charge in [-0.25, -0.2) is 9.18 Å². The first-order chi connectivity index (χ1) is 6.15. The quantitative estimate of drug-likeness (QED) is 0.685. The van der Waals surface area contributed by atoms with E-state index in [4.69, 9.17) is 5.11 Å². The van der Waals surface area contributed by atoms with Gasteiger partial charge < -0.3 is 5.11 Å². The molecule has 1 saturated carbocycles. The molecule has 1 unspecified atom stereocenters. The molecule has 1 aliphatic carbocycles. The van der Waals surface area contributed by atoms with E-state index in [9.17, 15) is 26.7 Å². The van der Waals surface area contributed by atoms with Crippen LogP contribution in [0.2, 0.25) is 0 Å². The maximum Gasteiger partial charge on any atom is 0.354 e. The van der Waals surface area contributed by atoms with Crippen LogP contribution in [0.3, 0.4) is 0 Å². The number of rotatable bonds is 1. The Balaban J connectivity index is 3.16. The molecule has 2 nitrogen and oxygen atoms in total. The highest BCUT2D eigenvalue weighted by Gasteiger charge is 2.75. The van der Waals surface area contributed by atoms with E-state index in [2.05, 4.69) is 0 Å². The minimum Gasteiger partial charge on any atom is -0.479 e. The van der Waals surface area contributed by atoms with Crippen molar-refractivity contribution < 1.29 is 31.9 Å². The zero-order valence-electron chi connectivity index (χ0n) is 6.87. The van der Waals surface area contributed by atoms with E-state index in [-0.39, 0.29) is 0 Å². The number of carboxylic acid groups (broad SMARTS) is 1. The van der Waals surface area contributed by atoms with Crippen LogP contribution in [-0.4, -0.2) is 28.6 Å². The van der Waals surface area contributed by atoms with E-state index in [1.807, 2.05) is 0 Å². The molecule has 1 atom stereocenters. The van der Waals surface area contributed by atoms with Gasteiger partial charge in [-0.05, 0) is 12.8 Å². The highest BCUT2D eigenvalue weighted by atomic mass is 19.3. The minimum absolute atomic E-state index is 0.578. The highest BCUT2D eigenvalue weighted by Crippen LogP contribution is 2.52. The van der Waals surface area contributed by atoms with Crippen LogP contribution in [0.15, 0.2) is 0 Å². The van der Waals surface area contributed by atoms with Gasteiger partial charge in [0.2, 0.25) is 0 Å². The first-order valence-corrected chi connectivity index (χ1v) is 3.83. The van der Waals surface area contributed by atoms with Gasteiger partial charge in [0.15, 0.2) is 0 Å². The van der Waals surface area contributed by atoms with Gasteiger partial charge in [0.25, 0.3) is 5.67 Å². The van der Waals surface area contributed by atoms with Crippen molar-refractivity contribution in [3.8, 4) is 0 Å². The maximum atomic E-state index is 13.1. The van der Waals surface area contributed by atoms with E-state index < -0.39 is 42.7 Å². The second-order valence-electron chi connectivity index (χ2n) is 3.24. The maximum absolute atomic E-state index is 13.1. The molecule has 14 heavy (non-hydrogen) atoms. The number of carbonyl (C=O) groups is 1. The largest absolute Gasteiger partial charge is 0.479 e. The fraction of sp³-hybridized carbons (Fsp3) is 0.857. The number of alkyl halides is 5. The van der Waals surface area contributed by atoms with Crippen molar-refractivity contribution in [1.29, 1.82) is 0 Å². The zero-order chi connectivity index (χ0) is 11.2. The smallest absolute Gasteiger partial charge is 0.354 e. The predicted octanol–water partition coefficient (Wildman–Crippen LogP) is 2.23. The van der Waals surface area contributed by atoms with Gasteiger partial charge in [-0.15, -0.1) is 0 Å². The van der Waals surface area contributed by atoms with Crippen molar-refractivity contribution >= 4 is 5.97 Å². The van der Waals surface area contributed by atoms with Crippen LogP contribution in [-0.2, 0) is 4.79 Å². The van der Waals surface area contributed by atoms with Gasteiger partial charge in [-0.1, -0.05) is 0 Å². The van der Waals surface area contributed by atoms with Crippen LogP contribution >= 0.6 is 0 Å². The molecule has 7 heteroatoms. The van der Waals surface area contributed by atoms with Crippen LogP contribution in [0.25, 0.3) is 0 Å².